The predicted molar refractivity (Wildman–Crippen MR) is 117 cm³/mol. The number of rotatable bonds is 9. The number of pyridine rings is 1. The fourth-order valence-corrected chi connectivity index (χ4v) is 3.60. The number of hydrogen-bond donors (Lipinski definition) is 2. The number of carbonyl (C=O) groups is 1. The molecule has 2 aromatic heterocycles. The number of urea groups is 1. The van der Waals surface area contributed by atoms with E-state index in [1.807, 2.05) is 54.1 Å². The molecular formula is C23H27N5O2. The molecule has 1 aromatic carbocycles. The number of nitrogens with one attached hydrogen (secondary N) is 2. The van der Waals surface area contributed by atoms with Gasteiger partial charge in [0, 0.05) is 11.9 Å². The first-order valence-corrected chi connectivity index (χ1v) is 10.3. The molecule has 2 amide bonds. The topological polar surface area (TPSA) is 81.1 Å². The molecule has 0 bridgehead atoms. The number of allylic oxidation sites excluding steroid dienone is 1. The number of carbonyl (C=O) groups excluding carboxylic acids is 1. The minimum atomic E-state index is -0.322. The maximum absolute atomic E-state index is 12.6. The summed E-state index contributed by atoms with van der Waals surface area (Å²) in [5, 5.41) is 11.1. The van der Waals surface area contributed by atoms with E-state index < -0.39 is 0 Å². The molecule has 4 rings (SSSR count). The third kappa shape index (κ3) is 4.68. The van der Waals surface area contributed by atoms with Crippen LogP contribution in [0.5, 0.6) is 0 Å². The second-order valence-electron chi connectivity index (χ2n) is 7.58. The molecule has 3 aromatic rings. The second kappa shape index (κ2) is 9.09. The molecule has 0 aliphatic heterocycles. The van der Waals surface area contributed by atoms with Crippen LogP contribution in [0.4, 0.5) is 10.6 Å². The van der Waals surface area contributed by atoms with Crippen LogP contribution in [0.3, 0.4) is 0 Å². The highest BCUT2D eigenvalue weighted by Gasteiger charge is 2.34. The SMILES string of the molecule is C=C[C@H]1C[C@H]1COC[C@@H](NC(=O)Nc1cc2cnn(CC)c2cn1)c1ccccc1. The minimum Gasteiger partial charge on any atom is -0.379 e. The van der Waals surface area contributed by atoms with Crippen LogP contribution in [0.2, 0.25) is 0 Å². The van der Waals surface area contributed by atoms with E-state index in [2.05, 4.69) is 27.3 Å². The molecule has 30 heavy (non-hydrogen) atoms. The monoisotopic (exact) mass is 405 g/mol. The number of aryl methyl sites for hydroxylation is 1. The zero-order valence-corrected chi connectivity index (χ0v) is 17.1. The normalized spacial score (nSPS) is 18.7. The van der Waals surface area contributed by atoms with Crippen LogP contribution in [-0.4, -0.2) is 34.0 Å². The summed E-state index contributed by atoms with van der Waals surface area (Å²) in [7, 11) is 0. The molecule has 0 unspecified atom stereocenters. The third-order valence-electron chi connectivity index (χ3n) is 5.47. The number of benzene rings is 1. The van der Waals surface area contributed by atoms with Crippen molar-refractivity contribution in [3.05, 3.63) is 67.0 Å². The van der Waals surface area contributed by atoms with E-state index in [0.717, 1.165) is 29.4 Å². The Morgan fingerprint density at radius 1 is 1.37 bits per heavy atom. The Labute approximate surface area is 176 Å². The van der Waals surface area contributed by atoms with Gasteiger partial charge in [-0.2, -0.15) is 5.10 Å². The van der Waals surface area contributed by atoms with Crippen molar-refractivity contribution in [1.82, 2.24) is 20.1 Å². The molecule has 1 aliphatic carbocycles. The Bertz CT molecular complexity index is 1020. The maximum Gasteiger partial charge on any atom is 0.320 e. The average molecular weight is 406 g/mol. The van der Waals surface area contributed by atoms with Crippen LogP contribution in [0.1, 0.15) is 24.9 Å². The first-order valence-electron chi connectivity index (χ1n) is 10.3. The number of anilines is 1. The zero-order chi connectivity index (χ0) is 20.9. The fraction of sp³-hybridized carbons (Fsp3) is 0.348. The number of amides is 2. The average Bonchev–Trinajstić information content (AvgIpc) is 3.41. The Hall–Kier alpha value is -3.19. The maximum atomic E-state index is 12.6. The molecule has 1 saturated carbocycles. The van der Waals surface area contributed by atoms with E-state index in [4.69, 9.17) is 4.74 Å². The summed E-state index contributed by atoms with van der Waals surface area (Å²) < 4.78 is 7.78. The van der Waals surface area contributed by atoms with Gasteiger partial charge in [-0.15, -0.1) is 6.58 Å². The van der Waals surface area contributed by atoms with Gasteiger partial charge in [0.1, 0.15) is 5.82 Å². The van der Waals surface area contributed by atoms with Crippen molar-refractivity contribution in [2.45, 2.75) is 25.9 Å². The van der Waals surface area contributed by atoms with Gasteiger partial charge in [0.15, 0.2) is 0 Å². The lowest BCUT2D eigenvalue weighted by atomic mass is 10.1. The van der Waals surface area contributed by atoms with Crippen molar-refractivity contribution >= 4 is 22.8 Å². The Morgan fingerprint density at radius 3 is 2.93 bits per heavy atom. The van der Waals surface area contributed by atoms with E-state index in [-0.39, 0.29) is 12.1 Å². The molecule has 2 heterocycles. The Balaban J connectivity index is 1.38. The van der Waals surface area contributed by atoms with Crippen LogP contribution >= 0.6 is 0 Å². The highest BCUT2D eigenvalue weighted by atomic mass is 16.5. The number of fused-ring (bicyclic) bond motifs is 1. The molecule has 156 valence electrons. The van der Waals surface area contributed by atoms with E-state index in [1.165, 1.54) is 0 Å². The van der Waals surface area contributed by atoms with Gasteiger partial charge in [-0.05, 0) is 36.8 Å². The van der Waals surface area contributed by atoms with Crippen LogP contribution < -0.4 is 10.6 Å². The van der Waals surface area contributed by atoms with E-state index in [1.54, 1.807) is 12.4 Å². The number of aromatic nitrogens is 3. The van der Waals surface area contributed by atoms with Gasteiger partial charge in [-0.25, -0.2) is 9.78 Å². The van der Waals surface area contributed by atoms with Crippen molar-refractivity contribution in [2.24, 2.45) is 11.8 Å². The van der Waals surface area contributed by atoms with Crippen molar-refractivity contribution in [2.75, 3.05) is 18.5 Å². The van der Waals surface area contributed by atoms with Crippen molar-refractivity contribution in [3.8, 4) is 0 Å². The first kappa shape index (κ1) is 20.1. The summed E-state index contributed by atoms with van der Waals surface area (Å²) in [6, 6.07) is 11.1. The summed E-state index contributed by atoms with van der Waals surface area (Å²) >= 11 is 0. The third-order valence-corrected chi connectivity index (χ3v) is 5.47. The number of ether oxygens (including phenoxy) is 1. The van der Waals surface area contributed by atoms with E-state index >= 15 is 0 Å². The van der Waals surface area contributed by atoms with Gasteiger partial charge in [0.25, 0.3) is 0 Å². The van der Waals surface area contributed by atoms with Crippen molar-refractivity contribution in [1.29, 1.82) is 0 Å². The van der Waals surface area contributed by atoms with Gasteiger partial charge in [-0.1, -0.05) is 36.4 Å². The summed E-state index contributed by atoms with van der Waals surface area (Å²) in [5.74, 6) is 1.59. The molecule has 2 N–H and O–H groups in total. The Kier molecular flexibility index (Phi) is 6.09. The lowest BCUT2D eigenvalue weighted by Gasteiger charge is -2.19. The van der Waals surface area contributed by atoms with Crippen molar-refractivity contribution < 1.29 is 9.53 Å². The van der Waals surface area contributed by atoms with Gasteiger partial charge >= 0.3 is 6.03 Å². The van der Waals surface area contributed by atoms with Crippen molar-refractivity contribution in [3.63, 3.8) is 0 Å². The molecule has 3 atom stereocenters. The standard InChI is InChI=1S/C23H27N5O2/c1-3-16-10-19(16)14-30-15-20(17-8-6-5-7-9-17)26-23(29)27-22-11-18-12-25-28(4-2)21(18)13-24-22/h3,5-9,11-13,16,19-20H,1,4,10,14-15H2,2H3,(H2,24,26,27,29)/t16-,19-,20+/m0/s1. The summed E-state index contributed by atoms with van der Waals surface area (Å²) in [4.78, 5) is 17.0. The molecule has 1 fully saturated rings. The molecule has 0 radical (unpaired) electrons. The van der Waals surface area contributed by atoms with Gasteiger partial charge in [0.2, 0.25) is 0 Å². The van der Waals surface area contributed by atoms with Crippen LogP contribution in [-0.2, 0) is 11.3 Å². The first-order chi connectivity index (χ1) is 14.7. The van der Waals surface area contributed by atoms with E-state index in [9.17, 15) is 4.79 Å². The van der Waals surface area contributed by atoms with E-state index in [0.29, 0.717) is 30.9 Å². The molecule has 1 aliphatic rings. The summed E-state index contributed by atoms with van der Waals surface area (Å²) in [5.41, 5.74) is 1.94. The predicted octanol–water partition coefficient (Wildman–Crippen LogP) is 4.15. The summed E-state index contributed by atoms with van der Waals surface area (Å²) in [6.07, 6.45) is 6.63. The minimum absolute atomic E-state index is 0.251. The highest BCUT2D eigenvalue weighted by molar-refractivity contribution is 5.91. The summed E-state index contributed by atoms with van der Waals surface area (Å²) in [6.45, 7) is 7.73. The fourth-order valence-electron chi connectivity index (χ4n) is 3.60. The molecular weight excluding hydrogens is 378 g/mol. The molecule has 0 saturated heterocycles. The quantitative estimate of drug-likeness (QED) is 0.524. The lowest BCUT2D eigenvalue weighted by Crippen LogP contribution is -2.35. The smallest absolute Gasteiger partial charge is 0.320 e. The largest absolute Gasteiger partial charge is 0.379 e. The molecule has 7 nitrogen and oxygen atoms in total. The number of nitrogens with zero attached hydrogens (tertiary/aromatic N) is 3. The van der Waals surface area contributed by atoms with Crippen LogP contribution in [0.15, 0.2) is 61.4 Å². The molecule has 7 heteroatoms. The lowest BCUT2D eigenvalue weighted by molar-refractivity contribution is 0.103. The highest BCUT2D eigenvalue weighted by Crippen LogP contribution is 2.39. The van der Waals surface area contributed by atoms with Gasteiger partial charge < -0.3 is 10.1 Å². The Morgan fingerprint density at radius 2 is 2.20 bits per heavy atom. The van der Waals surface area contributed by atoms with Gasteiger partial charge in [0.05, 0.1) is 37.2 Å². The zero-order valence-electron chi connectivity index (χ0n) is 17.1. The number of hydrogen-bond acceptors (Lipinski definition) is 4. The second-order valence-corrected chi connectivity index (χ2v) is 7.58. The van der Waals surface area contributed by atoms with Crippen LogP contribution in [0.25, 0.3) is 10.9 Å². The van der Waals surface area contributed by atoms with Crippen LogP contribution in [0, 0.1) is 11.8 Å². The molecule has 0 spiro atoms. The van der Waals surface area contributed by atoms with Gasteiger partial charge in [-0.3, -0.25) is 10.00 Å².